The van der Waals surface area contributed by atoms with E-state index in [9.17, 15) is 0 Å². The van der Waals surface area contributed by atoms with E-state index in [1.807, 2.05) is 6.33 Å². The highest BCUT2D eigenvalue weighted by molar-refractivity contribution is 5.14. The van der Waals surface area contributed by atoms with Gasteiger partial charge in [0.15, 0.2) is 0 Å². The van der Waals surface area contributed by atoms with Crippen molar-refractivity contribution in [3.05, 3.63) is 17.7 Å². The number of rotatable bonds is 1. The summed E-state index contributed by atoms with van der Waals surface area (Å²) in [4.78, 5) is 4.34. The third kappa shape index (κ3) is 1.05. The lowest BCUT2D eigenvalue weighted by atomic mass is 10.2. The second kappa shape index (κ2) is 2.66. The normalized spacial score (nSPS) is 16.5. The van der Waals surface area contributed by atoms with Gasteiger partial charge in [-0.05, 0) is 6.42 Å². The molecule has 1 aromatic heterocycles. The standard InChI is InChI=1S/C8H13N3/c1-2-7-8-5-9-3-4-11(8)6-10-7/h6,9H,2-5H2,1H3. The average molecular weight is 151 g/mol. The van der Waals surface area contributed by atoms with Crippen molar-refractivity contribution in [2.45, 2.75) is 26.4 Å². The van der Waals surface area contributed by atoms with Crippen molar-refractivity contribution >= 4 is 0 Å². The summed E-state index contributed by atoms with van der Waals surface area (Å²) in [6.07, 6.45) is 3.00. The van der Waals surface area contributed by atoms with Crippen molar-refractivity contribution in [2.75, 3.05) is 6.54 Å². The molecule has 0 saturated heterocycles. The highest BCUT2D eigenvalue weighted by Gasteiger charge is 2.11. The minimum Gasteiger partial charge on any atom is -0.332 e. The van der Waals surface area contributed by atoms with Gasteiger partial charge in [-0.15, -0.1) is 0 Å². The first kappa shape index (κ1) is 6.85. The van der Waals surface area contributed by atoms with Gasteiger partial charge in [0.2, 0.25) is 0 Å². The molecule has 2 rings (SSSR count). The topological polar surface area (TPSA) is 29.9 Å². The summed E-state index contributed by atoms with van der Waals surface area (Å²) in [7, 11) is 0. The molecule has 0 fully saturated rings. The van der Waals surface area contributed by atoms with Crippen LogP contribution in [-0.4, -0.2) is 16.1 Å². The Morgan fingerprint density at radius 2 is 2.64 bits per heavy atom. The van der Waals surface area contributed by atoms with E-state index in [-0.39, 0.29) is 0 Å². The number of hydrogen-bond acceptors (Lipinski definition) is 2. The van der Waals surface area contributed by atoms with Crippen LogP contribution in [0.1, 0.15) is 18.3 Å². The quantitative estimate of drug-likeness (QED) is 0.635. The predicted molar refractivity (Wildman–Crippen MR) is 43.3 cm³/mol. The summed E-state index contributed by atoms with van der Waals surface area (Å²) in [6.45, 7) is 5.29. The van der Waals surface area contributed by atoms with Gasteiger partial charge < -0.3 is 9.88 Å². The molecular formula is C8H13N3. The minimum absolute atomic E-state index is 0.989. The monoisotopic (exact) mass is 151 g/mol. The summed E-state index contributed by atoms with van der Waals surface area (Å²) < 4.78 is 2.25. The van der Waals surface area contributed by atoms with Crippen molar-refractivity contribution in [2.24, 2.45) is 0 Å². The van der Waals surface area contributed by atoms with Gasteiger partial charge >= 0.3 is 0 Å². The molecule has 1 aliphatic rings. The van der Waals surface area contributed by atoms with Crippen LogP contribution in [0.15, 0.2) is 6.33 Å². The first-order chi connectivity index (χ1) is 5.42. The van der Waals surface area contributed by atoms with Gasteiger partial charge in [0.1, 0.15) is 0 Å². The molecule has 60 valence electrons. The van der Waals surface area contributed by atoms with Crippen LogP contribution < -0.4 is 5.32 Å². The van der Waals surface area contributed by atoms with Crippen LogP contribution in [0.2, 0.25) is 0 Å². The van der Waals surface area contributed by atoms with Gasteiger partial charge in [-0.3, -0.25) is 0 Å². The van der Waals surface area contributed by atoms with Crippen LogP contribution in [0.4, 0.5) is 0 Å². The second-order valence-corrected chi connectivity index (χ2v) is 2.86. The van der Waals surface area contributed by atoms with Crippen molar-refractivity contribution in [1.82, 2.24) is 14.9 Å². The molecule has 0 aliphatic carbocycles. The van der Waals surface area contributed by atoms with Gasteiger partial charge in [0, 0.05) is 19.6 Å². The molecular weight excluding hydrogens is 138 g/mol. The Bertz CT molecular complexity index is 238. The van der Waals surface area contributed by atoms with Gasteiger partial charge in [0.05, 0.1) is 17.7 Å². The summed E-state index contributed by atoms with van der Waals surface area (Å²) in [5.74, 6) is 0. The highest BCUT2D eigenvalue weighted by Crippen LogP contribution is 2.10. The zero-order chi connectivity index (χ0) is 7.68. The number of fused-ring (bicyclic) bond motifs is 1. The molecule has 1 N–H and O–H groups in total. The first-order valence-electron chi connectivity index (χ1n) is 4.15. The third-order valence-electron chi connectivity index (χ3n) is 2.19. The molecule has 0 radical (unpaired) electrons. The van der Waals surface area contributed by atoms with E-state index in [0.29, 0.717) is 0 Å². The molecule has 3 heteroatoms. The number of nitrogens with one attached hydrogen (secondary N) is 1. The average Bonchev–Trinajstić information content (AvgIpc) is 2.47. The smallest absolute Gasteiger partial charge is 0.0952 e. The molecule has 0 unspecified atom stereocenters. The number of aryl methyl sites for hydroxylation is 1. The maximum Gasteiger partial charge on any atom is 0.0952 e. The van der Waals surface area contributed by atoms with E-state index >= 15 is 0 Å². The third-order valence-corrected chi connectivity index (χ3v) is 2.19. The lowest BCUT2D eigenvalue weighted by Gasteiger charge is -2.16. The Morgan fingerprint density at radius 3 is 3.45 bits per heavy atom. The van der Waals surface area contributed by atoms with Crippen LogP contribution in [0.5, 0.6) is 0 Å². The van der Waals surface area contributed by atoms with E-state index < -0.39 is 0 Å². The largest absolute Gasteiger partial charge is 0.332 e. The Kier molecular flexibility index (Phi) is 1.66. The molecule has 1 aliphatic heterocycles. The number of hydrogen-bond donors (Lipinski definition) is 1. The molecule has 11 heavy (non-hydrogen) atoms. The fourth-order valence-electron chi connectivity index (χ4n) is 1.55. The molecule has 1 aromatic rings. The number of imidazole rings is 1. The summed E-state index contributed by atoms with van der Waals surface area (Å²) in [5, 5.41) is 3.34. The van der Waals surface area contributed by atoms with Crippen LogP contribution in [0.3, 0.4) is 0 Å². The Labute approximate surface area is 66.4 Å². The van der Waals surface area contributed by atoms with E-state index in [1.54, 1.807) is 0 Å². The number of aromatic nitrogens is 2. The van der Waals surface area contributed by atoms with Crippen molar-refractivity contribution in [1.29, 1.82) is 0 Å². The molecule has 0 bridgehead atoms. The molecule has 0 amide bonds. The predicted octanol–water partition coefficient (Wildman–Crippen LogP) is 0.549. The fourth-order valence-corrected chi connectivity index (χ4v) is 1.55. The maximum atomic E-state index is 4.34. The summed E-state index contributed by atoms with van der Waals surface area (Å²) in [6, 6.07) is 0. The maximum absolute atomic E-state index is 4.34. The number of nitrogens with zero attached hydrogens (tertiary/aromatic N) is 2. The first-order valence-corrected chi connectivity index (χ1v) is 4.15. The van der Waals surface area contributed by atoms with Gasteiger partial charge in [-0.1, -0.05) is 6.92 Å². The SMILES string of the molecule is CCc1ncn2c1CNCC2. The fraction of sp³-hybridized carbons (Fsp3) is 0.625. The highest BCUT2D eigenvalue weighted by atomic mass is 15.1. The van der Waals surface area contributed by atoms with E-state index in [2.05, 4.69) is 21.8 Å². The van der Waals surface area contributed by atoms with Crippen LogP contribution in [-0.2, 0) is 19.5 Å². The Hall–Kier alpha value is -0.830. The van der Waals surface area contributed by atoms with Crippen LogP contribution >= 0.6 is 0 Å². The van der Waals surface area contributed by atoms with Gasteiger partial charge in [-0.2, -0.15) is 0 Å². The summed E-state index contributed by atoms with van der Waals surface area (Å²) >= 11 is 0. The molecule has 2 heterocycles. The second-order valence-electron chi connectivity index (χ2n) is 2.86. The zero-order valence-corrected chi connectivity index (χ0v) is 6.80. The Balaban J connectivity index is 2.38. The van der Waals surface area contributed by atoms with Crippen LogP contribution in [0, 0.1) is 0 Å². The van der Waals surface area contributed by atoms with Crippen molar-refractivity contribution < 1.29 is 0 Å². The van der Waals surface area contributed by atoms with E-state index in [1.165, 1.54) is 11.4 Å². The molecule has 0 saturated carbocycles. The van der Waals surface area contributed by atoms with E-state index in [4.69, 9.17) is 0 Å². The minimum atomic E-state index is 0.989. The lowest BCUT2D eigenvalue weighted by Crippen LogP contribution is -2.27. The Morgan fingerprint density at radius 1 is 1.73 bits per heavy atom. The van der Waals surface area contributed by atoms with Crippen molar-refractivity contribution in [3.8, 4) is 0 Å². The van der Waals surface area contributed by atoms with Crippen LogP contribution in [0.25, 0.3) is 0 Å². The molecule has 3 nitrogen and oxygen atoms in total. The van der Waals surface area contributed by atoms with E-state index in [0.717, 1.165) is 26.1 Å². The summed E-state index contributed by atoms with van der Waals surface area (Å²) in [5.41, 5.74) is 2.62. The molecule has 0 spiro atoms. The molecule has 0 aromatic carbocycles. The lowest BCUT2D eigenvalue weighted by molar-refractivity contribution is 0.513. The van der Waals surface area contributed by atoms with Gasteiger partial charge in [-0.25, -0.2) is 4.98 Å². The zero-order valence-electron chi connectivity index (χ0n) is 6.80. The molecule has 0 atom stereocenters. The van der Waals surface area contributed by atoms with Gasteiger partial charge in [0.25, 0.3) is 0 Å². The van der Waals surface area contributed by atoms with Crippen molar-refractivity contribution in [3.63, 3.8) is 0 Å².